The van der Waals surface area contributed by atoms with E-state index in [1.807, 2.05) is 20.8 Å². The van der Waals surface area contributed by atoms with E-state index in [0.717, 1.165) is 6.42 Å². The summed E-state index contributed by atoms with van der Waals surface area (Å²) >= 11 is 0. The van der Waals surface area contributed by atoms with Crippen LogP contribution in [0, 0.1) is 12.8 Å². The second kappa shape index (κ2) is 6.35. The normalized spacial score (nSPS) is 13.9. The van der Waals surface area contributed by atoms with Gasteiger partial charge >= 0.3 is 0 Å². The smallest absolute Gasteiger partial charge is 0.118 e. The van der Waals surface area contributed by atoms with E-state index in [0.29, 0.717) is 5.92 Å². The maximum atomic E-state index is 5.66. The summed E-state index contributed by atoms with van der Waals surface area (Å²) in [6.07, 6.45) is 0.962. The van der Waals surface area contributed by atoms with Gasteiger partial charge in [0.05, 0.1) is 5.60 Å². The lowest BCUT2D eigenvalue weighted by atomic mass is 9.98. The Bertz CT molecular complexity index is 364. The summed E-state index contributed by atoms with van der Waals surface area (Å²) in [7, 11) is 0. The molecule has 0 amide bonds. The largest absolute Gasteiger partial charge is 0.230 e. The molecule has 0 saturated carbocycles. The Balaban J connectivity index is 2.78. The van der Waals surface area contributed by atoms with Gasteiger partial charge in [0.15, 0.2) is 0 Å². The van der Waals surface area contributed by atoms with Crippen LogP contribution in [0.25, 0.3) is 0 Å². The minimum absolute atomic E-state index is 0.00382. The zero-order valence-electron chi connectivity index (χ0n) is 12.5. The Morgan fingerprint density at radius 1 is 1.17 bits per heavy atom. The maximum absolute atomic E-state index is 5.66. The Kier molecular flexibility index (Phi) is 5.36. The highest BCUT2D eigenvalue weighted by Crippen LogP contribution is 2.27. The third-order valence-corrected chi connectivity index (χ3v) is 2.51. The highest BCUT2D eigenvalue weighted by Gasteiger charge is 2.19. The van der Waals surface area contributed by atoms with Crippen molar-refractivity contribution in [1.29, 1.82) is 0 Å². The molecule has 1 unspecified atom stereocenters. The molecule has 1 rings (SSSR count). The van der Waals surface area contributed by atoms with E-state index in [4.69, 9.17) is 9.78 Å². The first-order valence-corrected chi connectivity index (χ1v) is 6.69. The van der Waals surface area contributed by atoms with Crippen LogP contribution in [0.4, 0.5) is 0 Å². The van der Waals surface area contributed by atoms with E-state index in [2.05, 4.69) is 45.0 Å². The summed E-state index contributed by atoms with van der Waals surface area (Å²) in [4.78, 5) is 11.1. The van der Waals surface area contributed by atoms with Gasteiger partial charge in [0.2, 0.25) is 0 Å². The minimum atomic E-state index is -0.279. The quantitative estimate of drug-likeness (QED) is 0.550. The van der Waals surface area contributed by atoms with Crippen molar-refractivity contribution in [2.75, 3.05) is 0 Å². The van der Waals surface area contributed by atoms with Crippen LogP contribution < -0.4 is 0 Å². The summed E-state index contributed by atoms with van der Waals surface area (Å²) < 4.78 is 0. The molecule has 0 aliphatic carbocycles. The fourth-order valence-electron chi connectivity index (χ4n) is 1.73. The first kappa shape index (κ1) is 15.2. The molecule has 0 aliphatic heterocycles. The van der Waals surface area contributed by atoms with Crippen molar-refractivity contribution in [3.05, 3.63) is 35.4 Å². The van der Waals surface area contributed by atoms with Gasteiger partial charge in [-0.25, -0.2) is 9.78 Å². The van der Waals surface area contributed by atoms with Gasteiger partial charge in [-0.2, -0.15) is 0 Å². The van der Waals surface area contributed by atoms with Crippen LogP contribution in [0.3, 0.4) is 0 Å². The SMILES string of the molecule is Cc1cccc(C(CC(C)C)OOC(C)(C)C)c1. The van der Waals surface area contributed by atoms with Gasteiger partial charge in [0.1, 0.15) is 6.10 Å². The molecule has 1 atom stereocenters. The number of benzene rings is 1. The molecule has 18 heavy (non-hydrogen) atoms. The predicted octanol–water partition coefficient (Wildman–Crippen LogP) is 4.83. The minimum Gasteiger partial charge on any atom is -0.230 e. The van der Waals surface area contributed by atoms with Crippen molar-refractivity contribution in [2.45, 2.75) is 59.7 Å². The summed E-state index contributed by atoms with van der Waals surface area (Å²) in [5.41, 5.74) is 2.16. The van der Waals surface area contributed by atoms with Crippen molar-refractivity contribution in [3.63, 3.8) is 0 Å². The molecular weight excluding hydrogens is 224 g/mol. The lowest BCUT2D eigenvalue weighted by Gasteiger charge is -2.24. The standard InChI is InChI=1S/C16H26O2/c1-12(2)10-15(17-18-16(4,5)6)14-9-7-8-13(3)11-14/h7-9,11-12,15H,10H2,1-6H3. The van der Waals surface area contributed by atoms with Crippen molar-refractivity contribution >= 4 is 0 Å². The summed E-state index contributed by atoms with van der Waals surface area (Å²) in [6.45, 7) is 12.5. The monoisotopic (exact) mass is 250 g/mol. The molecule has 2 heteroatoms. The zero-order valence-corrected chi connectivity index (χ0v) is 12.5. The Morgan fingerprint density at radius 3 is 2.33 bits per heavy atom. The molecule has 0 spiro atoms. The fraction of sp³-hybridized carbons (Fsp3) is 0.625. The van der Waals surface area contributed by atoms with E-state index in [-0.39, 0.29) is 11.7 Å². The maximum Gasteiger partial charge on any atom is 0.118 e. The highest BCUT2D eigenvalue weighted by atomic mass is 17.2. The van der Waals surface area contributed by atoms with E-state index in [1.165, 1.54) is 11.1 Å². The van der Waals surface area contributed by atoms with Crippen molar-refractivity contribution in [1.82, 2.24) is 0 Å². The lowest BCUT2D eigenvalue weighted by Crippen LogP contribution is -2.21. The zero-order chi connectivity index (χ0) is 13.8. The number of hydrogen-bond acceptors (Lipinski definition) is 2. The van der Waals surface area contributed by atoms with E-state index < -0.39 is 0 Å². The summed E-state index contributed by atoms with van der Waals surface area (Å²) in [6, 6.07) is 8.43. The molecule has 102 valence electrons. The molecule has 0 fully saturated rings. The van der Waals surface area contributed by atoms with Gasteiger partial charge < -0.3 is 0 Å². The van der Waals surface area contributed by atoms with Gasteiger partial charge in [-0.15, -0.1) is 0 Å². The molecule has 2 nitrogen and oxygen atoms in total. The predicted molar refractivity (Wildman–Crippen MR) is 75.3 cm³/mol. The van der Waals surface area contributed by atoms with Crippen LogP contribution in [0.1, 0.15) is 58.3 Å². The molecule has 0 aromatic heterocycles. The third kappa shape index (κ3) is 5.65. The van der Waals surface area contributed by atoms with Crippen LogP contribution in [0.2, 0.25) is 0 Å². The number of rotatable bonds is 5. The summed E-state index contributed by atoms with van der Waals surface area (Å²) in [5.74, 6) is 0.569. The second-order valence-electron chi connectivity index (χ2n) is 6.32. The van der Waals surface area contributed by atoms with E-state index in [1.54, 1.807) is 0 Å². The summed E-state index contributed by atoms with van der Waals surface area (Å²) in [5, 5.41) is 0. The molecule has 1 aromatic rings. The molecule has 0 heterocycles. The first-order valence-electron chi connectivity index (χ1n) is 6.69. The van der Waals surface area contributed by atoms with Gasteiger partial charge in [0, 0.05) is 0 Å². The first-order chi connectivity index (χ1) is 8.28. The third-order valence-electron chi connectivity index (χ3n) is 2.51. The van der Waals surface area contributed by atoms with Crippen LogP contribution in [-0.2, 0) is 9.78 Å². The van der Waals surface area contributed by atoms with Crippen LogP contribution in [0.15, 0.2) is 24.3 Å². The molecule has 1 aromatic carbocycles. The van der Waals surface area contributed by atoms with Gasteiger partial charge in [-0.3, -0.25) is 0 Å². The van der Waals surface area contributed by atoms with Crippen molar-refractivity contribution < 1.29 is 9.78 Å². The van der Waals surface area contributed by atoms with E-state index in [9.17, 15) is 0 Å². The van der Waals surface area contributed by atoms with Gasteiger partial charge in [-0.05, 0) is 45.6 Å². The highest BCUT2D eigenvalue weighted by molar-refractivity contribution is 5.24. The molecule has 0 bridgehead atoms. The fourth-order valence-corrected chi connectivity index (χ4v) is 1.73. The molecule has 0 N–H and O–H groups in total. The second-order valence-corrected chi connectivity index (χ2v) is 6.32. The average Bonchev–Trinajstić information content (AvgIpc) is 2.22. The van der Waals surface area contributed by atoms with Crippen molar-refractivity contribution in [2.24, 2.45) is 5.92 Å². The van der Waals surface area contributed by atoms with Gasteiger partial charge in [-0.1, -0.05) is 43.7 Å². The van der Waals surface area contributed by atoms with E-state index >= 15 is 0 Å². The van der Waals surface area contributed by atoms with Gasteiger partial charge in [0.25, 0.3) is 0 Å². The number of aryl methyl sites for hydroxylation is 1. The molecule has 0 aliphatic rings. The Labute approximate surface area is 111 Å². The van der Waals surface area contributed by atoms with Crippen molar-refractivity contribution in [3.8, 4) is 0 Å². The average molecular weight is 250 g/mol. The topological polar surface area (TPSA) is 18.5 Å². The lowest BCUT2D eigenvalue weighted by molar-refractivity contribution is -0.377. The van der Waals surface area contributed by atoms with Crippen LogP contribution >= 0.6 is 0 Å². The molecule has 0 saturated heterocycles. The van der Waals surface area contributed by atoms with Crippen LogP contribution in [-0.4, -0.2) is 5.60 Å². The number of hydrogen-bond donors (Lipinski definition) is 0. The molecule has 0 radical (unpaired) electrons. The van der Waals surface area contributed by atoms with Crippen LogP contribution in [0.5, 0.6) is 0 Å². The molecular formula is C16H26O2. The Hall–Kier alpha value is -0.860. The Morgan fingerprint density at radius 2 is 1.83 bits per heavy atom.